The Bertz CT molecular complexity index is 605. The van der Waals surface area contributed by atoms with Gasteiger partial charge in [-0.1, -0.05) is 6.07 Å². The highest BCUT2D eigenvalue weighted by atomic mass is 32.2. The molecule has 0 aromatic carbocycles. The molecule has 7 nitrogen and oxygen atoms in total. The van der Waals surface area contributed by atoms with Crippen molar-refractivity contribution in [3.63, 3.8) is 0 Å². The average Bonchev–Trinajstić information content (AvgIpc) is 2.45. The van der Waals surface area contributed by atoms with E-state index in [0.29, 0.717) is 0 Å². The fourth-order valence-electron chi connectivity index (χ4n) is 2.11. The first-order valence-corrected chi connectivity index (χ1v) is 8.43. The predicted molar refractivity (Wildman–Crippen MR) is 76.9 cm³/mol. The van der Waals surface area contributed by atoms with E-state index in [1.807, 2.05) is 6.07 Å². The molecule has 0 unspecified atom stereocenters. The van der Waals surface area contributed by atoms with Gasteiger partial charge in [0.15, 0.2) is 5.60 Å². The minimum Gasteiger partial charge on any atom is -0.363 e. The number of sulfonamides is 1. The minimum absolute atomic E-state index is 0.0138. The third-order valence-corrected chi connectivity index (χ3v) is 4.59. The van der Waals surface area contributed by atoms with Crippen molar-refractivity contribution in [2.45, 2.75) is 19.1 Å². The van der Waals surface area contributed by atoms with Crippen molar-refractivity contribution in [2.24, 2.45) is 0 Å². The summed E-state index contributed by atoms with van der Waals surface area (Å²) in [7, 11) is -3.34. The lowest BCUT2D eigenvalue weighted by Crippen LogP contribution is -2.59. The Balaban J connectivity index is 2.00. The Hall–Kier alpha value is -1.51. The summed E-state index contributed by atoms with van der Waals surface area (Å²) in [6.45, 7) is 2.35. The van der Waals surface area contributed by atoms with Crippen LogP contribution in [0.1, 0.15) is 12.6 Å². The zero-order valence-corrected chi connectivity index (χ0v) is 12.9. The van der Waals surface area contributed by atoms with Gasteiger partial charge in [0.1, 0.15) is 0 Å². The molecule has 2 rings (SSSR count). The van der Waals surface area contributed by atoms with Crippen molar-refractivity contribution in [3.05, 3.63) is 30.1 Å². The number of pyridine rings is 1. The number of rotatable bonds is 4. The van der Waals surface area contributed by atoms with E-state index in [2.05, 4.69) is 10.3 Å². The van der Waals surface area contributed by atoms with Gasteiger partial charge in [-0.2, -0.15) is 4.31 Å². The summed E-state index contributed by atoms with van der Waals surface area (Å²) in [6.07, 6.45) is 2.77. The van der Waals surface area contributed by atoms with E-state index in [4.69, 9.17) is 4.74 Å². The molecule has 0 bridgehead atoms. The Morgan fingerprint density at radius 3 is 2.90 bits per heavy atom. The molecule has 0 spiro atoms. The van der Waals surface area contributed by atoms with E-state index >= 15 is 0 Å². The number of morpholine rings is 1. The summed E-state index contributed by atoms with van der Waals surface area (Å²) in [5, 5.41) is 2.73. The molecule has 0 saturated carbocycles. The number of aromatic nitrogens is 1. The summed E-state index contributed by atoms with van der Waals surface area (Å²) in [6, 6.07) is 5.42. The van der Waals surface area contributed by atoms with Crippen molar-refractivity contribution < 1.29 is 17.9 Å². The molecular weight excluding hydrogens is 294 g/mol. The minimum atomic E-state index is -3.34. The summed E-state index contributed by atoms with van der Waals surface area (Å²) in [5.74, 6) is -0.346. The highest BCUT2D eigenvalue weighted by Gasteiger charge is 2.41. The third-order valence-electron chi connectivity index (χ3n) is 3.34. The van der Waals surface area contributed by atoms with Gasteiger partial charge in [0.25, 0.3) is 5.91 Å². The first-order valence-electron chi connectivity index (χ1n) is 6.58. The summed E-state index contributed by atoms with van der Waals surface area (Å²) in [4.78, 5) is 16.4. The number of nitrogens with one attached hydrogen (secondary N) is 1. The van der Waals surface area contributed by atoms with Gasteiger partial charge >= 0.3 is 0 Å². The Labute approximate surface area is 124 Å². The van der Waals surface area contributed by atoms with Gasteiger partial charge in [-0.3, -0.25) is 9.78 Å². The van der Waals surface area contributed by atoms with Gasteiger partial charge in [-0.25, -0.2) is 8.42 Å². The maximum atomic E-state index is 12.3. The van der Waals surface area contributed by atoms with Crippen LogP contribution in [0.2, 0.25) is 0 Å². The largest absolute Gasteiger partial charge is 0.363 e. The highest BCUT2D eigenvalue weighted by molar-refractivity contribution is 7.88. The van der Waals surface area contributed by atoms with E-state index in [0.717, 1.165) is 11.9 Å². The third kappa shape index (κ3) is 3.99. The number of carbonyl (C=O) groups excluding carboxylic acids is 1. The SMILES string of the molecule is C[C@]1(C(=O)NCc2ccccn2)CN(S(C)(=O)=O)CCO1. The molecule has 1 saturated heterocycles. The maximum Gasteiger partial charge on any atom is 0.253 e. The van der Waals surface area contributed by atoms with Crippen LogP contribution in [-0.2, 0) is 26.1 Å². The van der Waals surface area contributed by atoms with Gasteiger partial charge in [0.2, 0.25) is 10.0 Å². The lowest BCUT2D eigenvalue weighted by Gasteiger charge is -2.37. The molecule has 1 aliphatic heterocycles. The first-order chi connectivity index (χ1) is 9.81. The Morgan fingerprint density at radius 1 is 1.52 bits per heavy atom. The molecule has 1 aromatic rings. The molecular formula is C13H19N3O4S. The molecule has 1 N–H and O–H groups in total. The lowest BCUT2D eigenvalue weighted by atomic mass is 10.0. The molecule has 0 aliphatic carbocycles. The van der Waals surface area contributed by atoms with Gasteiger partial charge in [-0.15, -0.1) is 0 Å². The number of hydrogen-bond donors (Lipinski definition) is 1. The van der Waals surface area contributed by atoms with Crippen molar-refractivity contribution in [3.8, 4) is 0 Å². The number of carbonyl (C=O) groups is 1. The van der Waals surface area contributed by atoms with Crippen LogP contribution in [0.4, 0.5) is 0 Å². The molecule has 1 atom stereocenters. The first kappa shape index (κ1) is 15.9. The predicted octanol–water partition coefficient (Wildman–Crippen LogP) is -0.252. The van der Waals surface area contributed by atoms with E-state index in [1.54, 1.807) is 25.3 Å². The second-order valence-corrected chi connectivity index (χ2v) is 7.16. The smallest absolute Gasteiger partial charge is 0.253 e. The molecule has 1 aromatic heterocycles. The van der Waals surface area contributed by atoms with Crippen LogP contribution in [0.15, 0.2) is 24.4 Å². The van der Waals surface area contributed by atoms with Gasteiger partial charge in [0.05, 0.1) is 31.6 Å². The van der Waals surface area contributed by atoms with Crippen molar-refractivity contribution in [1.82, 2.24) is 14.6 Å². The fourth-order valence-corrected chi connectivity index (χ4v) is 3.00. The van der Waals surface area contributed by atoms with Crippen LogP contribution in [0.25, 0.3) is 0 Å². The fraction of sp³-hybridized carbons (Fsp3) is 0.538. The standard InChI is InChI=1S/C13H19N3O4S/c1-13(10-16(7-8-20-13)21(2,18)19)12(17)15-9-11-5-3-4-6-14-11/h3-6H,7-10H2,1-2H3,(H,15,17)/t13-/m1/s1. The van der Waals surface area contributed by atoms with Crippen LogP contribution < -0.4 is 5.32 Å². The van der Waals surface area contributed by atoms with Crippen LogP contribution in [0.3, 0.4) is 0 Å². The molecule has 1 fully saturated rings. The maximum absolute atomic E-state index is 12.3. The molecule has 116 valence electrons. The Morgan fingerprint density at radius 2 is 2.29 bits per heavy atom. The second kappa shape index (κ2) is 6.08. The van der Waals surface area contributed by atoms with E-state index in [9.17, 15) is 13.2 Å². The highest BCUT2D eigenvalue weighted by Crippen LogP contribution is 2.20. The zero-order valence-electron chi connectivity index (χ0n) is 12.1. The summed E-state index contributed by atoms with van der Waals surface area (Å²) < 4.78 is 30.0. The molecule has 1 aliphatic rings. The zero-order chi connectivity index (χ0) is 15.5. The summed E-state index contributed by atoms with van der Waals surface area (Å²) in [5.41, 5.74) is -0.457. The van der Waals surface area contributed by atoms with Gasteiger partial charge in [-0.05, 0) is 19.1 Å². The van der Waals surface area contributed by atoms with E-state index in [-0.39, 0.29) is 32.1 Å². The summed E-state index contributed by atoms with van der Waals surface area (Å²) >= 11 is 0. The van der Waals surface area contributed by atoms with Crippen LogP contribution >= 0.6 is 0 Å². The van der Waals surface area contributed by atoms with Crippen molar-refractivity contribution in [1.29, 1.82) is 0 Å². The van der Waals surface area contributed by atoms with Crippen molar-refractivity contribution >= 4 is 15.9 Å². The van der Waals surface area contributed by atoms with Crippen LogP contribution in [-0.4, -0.2) is 55.2 Å². The number of nitrogens with zero attached hydrogens (tertiary/aromatic N) is 2. The van der Waals surface area contributed by atoms with Gasteiger partial charge in [0, 0.05) is 12.7 Å². The van der Waals surface area contributed by atoms with Gasteiger partial charge < -0.3 is 10.1 Å². The topological polar surface area (TPSA) is 88.6 Å². The normalized spacial score (nSPS) is 23.7. The quantitative estimate of drug-likeness (QED) is 0.828. The molecule has 2 heterocycles. The molecule has 0 radical (unpaired) electrons. The van der Waals surface area contributed by atoms with Crippen LogP contribution in [0.5, 0.6) is 0 Å². The van der Waals surface area contributed by atoms with Crippen LogP contribution in [0, 0.1) is 0 Å². The van der Waals surface area contributed by atoms with E-state index in [1.165, 1.54) is 4.31 Å². The molecule has 1 amide bonds. The molecule has 21 heavy (non-hydrogen) atoms. The van der Waals surface area contributed by atoms with Crippen molar-refractivity contribution in [2.75, 3.05) is 26.0 Å². The molecule has 8 heteroatoms. The number of amides is 1. The lowest BCUT2D eigenvalue weighted by molar-refractivity contribution is -0.152. The monoisotopic (exact) mass is 313 g/mol. The average molecular weight is 313 g/mol. The number of hydrogen-bond acceptors (Lipinski definition) is 5. The number of ether oxygens (including phenoxy) is 1. The Kier molecular flexibility index (Phi) is 4.60. The second-order valence-electron chi connectivity index (χ2n) is 5.18. The van der Waals surface area contributed by atoms with E-state index < -0.39 is 15.6 Å².